The van der Waals surface area contributed by atoms with Crippen molar-refractivity contribution in [3.63, 3.8) is 0 Å². The lowest BCUT2D eigenvalue weighted by Gasteiger charge is -2.22. The van der Waals surface area contributed by atoms with Crippen molar-refractivity contribution < 1.29 is 19.3 Å². The number of aliphatic hydroxyl groups excluding tert-OH is 1. The van der Waals surface area contributed by atoms with Gasteiger partial charge < -0.3 is 19.3 Å². The van der Waals surface area contributed by atoms with E-state index >= 15 is 0 Å². The van der Waals surface area contributed by atoms with E-state index in [1.54, 1.807) is 0 Å². The summed E-state index contributed by atoms with van der Waals surface area (Å²) in [6, 6.07) is 0. The number of hydrogen-bond donors (Lipinski definition) is 1. The van der Waals surface area contributed by atoms with Crippen LogP contribution in [-0.4, -0.2) is 42.4 Å². The molecule has 2 aliphatic rings. The lowest BCUT2D eigenvalue weighted by atomic mass is 10.0. The van der Waals surface area contributed by atoms with E-state index < -0.39 is 11.9 Å². The largest absolute Gasteiger partial charge is 0.390 e. The van der Waals surface area contributed by atoms with Gasteiger partial charge in [0, 0.05) is 5.92 Å². The third-order valence-corrected chi connectivity index (χ3v) is 2.87. The highest BCUT2D eigenvalue weighted by Crippen LogP contribution is 2.31. The van der Waals surface area contributed by atoms with E-state index in [1.807, 2.05) is 20.8 Å². The molecule has 0 saturated carbocycles. The molecule has 14 heavy (non-hydrogen) atoms. The highest BCUT2D eigenvalue weighted by atomic mass is 16.7. The van der Waals surface area contributed by atoms with E-state index in [1.165, 1.54) is 0 Å². The van der Waals surface area contributed by atoms with Crippen LogP contribution in [0.5, 0.6) is 0 Å². The molecule has 0 aromatic rings. The van der Waals surface area contributed by atoms with Crippen molar-refractivity contribution in [3.8, 4) is 0 Å². The summed E-state index contributed by atoms with van der Waals surface area (Å²) in [6.45, 7) is 6.83. The highest BCUT2D eigenvalue weighted by molar-refractivity contribution is 4.89. The Morgan fingerprint density at radius 3 is 2.43 bits per heavy atom. The van der Waals surface area contributed by atoms with Gasteiger partial charge in [0.25, 0.3) is 0 Å². The van der Waals surface area contributed by atoms with Crippen molar-refractivity contribution >= 4 is 0 Å². The van der Waals surface area contributed by atoms with Gasteiger partial charge in [0.2, 0.25) is 0 Å². The fourth-order valence-electron chi connectivity index (χ4n) is 1.99. The van der Waals surface area contributed by atoms with Crippen LogP contribution in [0.25, 0.3) is 0 Å². The average Bonchev–Trinajstić information content (AvgIpc) is 2.59. The Morgan fingerprint density at radius 1 is 1.29 bits per heavy atom. The molecule has 1 N–H and O–H groups in total. The zero-order valence-corrected chi connectivity index (χ0v) is 8.90. The lowest BCUT2D eigenvalue weighted by Crippen LogP contribution is -2.38. The normalized spacial score (nSPS) is 47.1. The molecule has 2 aliphatic heterocycles. The van der Waals surface area contributed by atoms with Crippen molar-refractivity contribution in [1.82, 2.24) is 0 Å². The van der Waals surface area contributed by atoms with Crippen LogP contribution in [-0.2, 0) is 14.2 Å². The summed E-state index contributed by atoms with van der Waals surface area (Å²) in [5.41, 5.74) is 0. The van der Waals surface area contributed by atoms with Crippen LogP contribution in [0.15, 0.2) is 0 Å². The minimum absolute atomic E-state index is 0.134. The van der Waals surface area contributed by atoms with E-state index in [-0.39, 0.29) is 18.1 Å². The Morgan fingerprint density at radius 2 is 2.00 bits per heavy atom. The Bertz CT molecular complexity index is 216. The van der Waals surface area contributed by atoms with Crippen molar-refractivity contribution in [2.75, 3.05) is 13.2 Å². The van der Waals surface area contributed by atoms with E-state index in [9.17, 15) is 5.11 Å². The molecule has 0 bridgehead atoms. The lowest BCUT2D eigenvalue weighted by molar-refractivity contribution is -0.158. The summed E-state index contributed by atoms with van der Waals surface area (Å²) in [6.07, 6.45) is -0.797. The Balaban J connectivity index is 1.97. The molecular weight excluding hydrogens is 184 g/mol. The van der Waals surface area contributed by atoms with Crippen LogP contribution >= 0.6 is 0 Å². The standard InChI is InChI=1S/C10H18O4/c1-6-4-12-9(8(6)11)7-5-13-10(2,3)14-7/h6-9,11H,4-5H2,1-3H3/t6-,7+,8+,9+/m0/s1. The van der Waals surface area contributed by atoms with E-state index in [4.69, 9.17) is 14.2 Å². The number of rotatable bonds is 1. The van der Waals surface area contributed by atoms with E-state index in [2.05, 4.69) is 0 Å². The molecule has 82 valence electrons. The molecule has 2 saturated heterocycles. The van der Waals surface area contributed by atoms with E-state index in [0.29, 0.717) is 13.2 Å². The first-order valence-corrected chi connectivity index (χ1v) is 5.11. The van der Waals surface area contributed by atoms with Gasteiger partial charge >= 0.3 is 0 Å². The minimum Gasteiger partial charge on any atom is -0.390 e. The van der Waals surface area contributed by atoms with Gasteiger partial charge in [0.1, 0.15) is 12.2 Å². The monoisotopic (exact) mass is 202 g/mol. The summed E-state index contributed by atoms with van der Waals surface area (Å²) in [4.78, 5) is 0. The van der Waals surface area contributed by atoms with Gasteiger partial charge in [0.15, 0.2) is 5.79 Å². The maximum absolute atomic E-state index is 9.83. The van der Waals surface area contributed by atoms with Gasteiger partial charge in [-0.05, 0) is 13.8 Å². The first-order valence-electron chi connectivity index (χ1n) is 5.11. The Labute approximate surface area is 84.1 Å². The van der Waals surface area contributed by atoms with Gasteiger partial charge in [-0.1, -0.05) is 6.92 Å². The molecule has 2 fully saturated rings. The second-order valence-electron chi connectivity index (χ2n) is 4.63. The molecule has 4 nitrogen and oxygen atoms in total. The summed E-state index contributed by atoms with van der Waals surface area (Å²) < 4.78 is 16.6. The van der Waals surface area contributed by atoms with Crippen LogP contribution in [0.4, 0.5) is 0 Å². The second kappa shape index (κ2) is 3.45. The van der Waals surface area contributed by atoms with Gasteiger partial charge in [-0.15, -0.1) is 0 Å². The van der Waals surface area contributed by atoms with Crippen molar-refractivity contribution in [2.45, 2.75) is 44.9 Å². The maximum atomic E-state index is 9.83. The number of ether oxygens (including phenoxy) is 3. The van der Waals surface area contributed by atoms with Gasteiger partial charge in [-0.25, -0.2) is 0 Å². The summed E-state index contributed by atoms with van der Waals surface area (Å²) in [5.74, 6) is -0.355. The summed E-state index contributed by atoms with van der Waals surface area (Å²) in [7, 11) is 0. The topological polar surface area (TPSA) is 47.9 Å². The molecule has 0 unspecified atom stereocenters. The molecule has 4 heteroatoms. The molecule has 2 heterocycles. The zero-order valence-electron chi connectivity index (χ0n) is 8.90. The van der Waals surface area contributed by atoms with Crippen LogP contribution in [0.3, 0.4) is 0 Å². The average molecular weight is 202 g/mol. The van der Waals surface area contributed by atoms with Crippen molar-refractivity contribution in [2.24, 2.45) is 5.92 Å². The number of aliphatic hydroxyl groups is 1. The van der Waals surface area contributed by atoms with Crippen LogP contribution in [0, 0.1) is 5.92 Å². The SMILES string of the molecule is C[C@H]1CO[C@H]([C@H]2COC(C)(C)O2)[C@@H]1O. The number of hydrogen-bond acceptors (Lipinski definition) is 4. The van der Waals surface area contributed by atoms with Crippen LogP contribution in [0.2, 0.25) is 0 Å². The Kier molecular flexibility index (Phi) is 2.55. The molecule has 0 aliphatic carbocycles. The molecule has 2 rings (SSSR count). The Hall–Kier alpha value is -0.160. The zero-order chi connectivity index (χ0) is 10.3. The third-order valence-electron chi connectivity index (χ3n) is 2.87. The fourth-order valence-corrected chi connectivity index (χ4v) is 1.99. The quantitative estimate of drug-likeness (QED) is 0.674. The molecule has 0 radical (unpaired) electrons. The van der Waals surface area contributed by atoms with Crippen LogP contribution in [0.1, 0.15) is 20.8 Å². The molecule has 4 atom stereocenters. The fraction of sp³-hybridized carbons (Fsp3) is 1.00. The predicted molar refractivity (Wildman–Crippen MR) is 49.8 cm³/mol. The molecule has 0 spiro atoms. The van der Waals surface area contributed by atoms with Gasteiger partial charge in [0.05, 0.1) is 19.3 Å². The first-order chi connectivity index (χ1) is 6.49. The summed E-state index contributed by atoms with van der Waals surface area (Å²) >= 11 is 0. The molecule has 0 aromatic heterocycles. The highest BCUT2D eigenvalue weighted by Gasteiger charge is 2.45. The molecule has 0 aromatic carbocycles. The van der Waals surface area contributed by atoms with E-state index in [0.717, 1.165) is 0 Å². The van der Waals surface area contributed by atoms with Crippen molar-refractivity contribution in [3.05, 3.63) is 0 Å². The first kappa shape index (κ1) is 10.4. The third kappa shape index (κ3) is 1.80. The van der Waals surface area contributed by atoms with Crippen LogP contribution < -0.4 is 0 Å². The van der Waals surface area contributed by atoms with Gasteiger partial charge in [-0.3, -0.25) is 0 Å². The molecule has 0 amide bonds. The predicted octanol–water partition coefficient (Wildman–Crippen LogP) is 0.534. The second-order valence-corrected chi connectivity index (χ2v) is 4.63. The smallest absolute Gasteiger partial charge is 0.163 e. The van der Waals surface area contributed by atoms with Crippen molar-refractivity contribution in [1.29, 1.82) is 0 Å². The molecular formula is C10H18O4. The maximum Gasteiger partial charge on any atom is 0.163 e. The van der Waals surface area contributed by atoms with Gasteiger partial charge in [-0.2, -0.15) is 0 Å². The summed E-state index contributed by atoms with van der Waals surface area (Å²) in [5, 5.41) is 9.83. The minimum atomic E-state index is -0.542.